The fourth-order valence-corrected chi connectivity index (χ4v) is 6.38. The van der Waals surface area contributed by atoms with Crippen LogP contribution in [0.2, 0.25) is 0 Å². The van der Waals surface area contributed by atoms with Crippen molar-refractivity contribution in [2.75, 3.05) is 0 Å². The van der Waals surface area contributed by atoms with Crippen molar-refractivity contribution in [1.29, 1.82) is 0 Å². The molecule has 192 valence electrons. The Morgan fingerprint density at radius 3 is 2.61 bits per heavy atom. The lowest BCUT2D eigenvalue weighted by molar-refractivity contribution is -0.142. The van der Waals surface area contributed by atoms with Crippen LogP contribution in [0.5, 0.6) is 5.75 Å². The molecule has 0 saturated carbocycles. The Hall–Kier alpha value is -4.12. The van der Waals surface area contributed by atoms with Crippen molar-refractivity contribution in [2.24, 2.45) is 13.0 Å². The summed E-state index contributed by atoms with van der Waals surface area (Å²) < 4.78 is 8.43. The minimum absolute atomic E-state index is 0.0176. The van der Waals surface area contributed by atoms with Gasteiger partial charge in [0, 0.05) is 41.4 Å². The molecule has 0 bridgehead atoms. The molecule has 6 rings (SSSR count). The maximum absolute atomic E-state index is 12.2. The standard InChI is InChI=1S/C33H32N2O3/c1-3-25(33(36)37)27-18-17-26(21-9-5-4-6-10-21)31-28-16-15-24(19-30(28)35(2)32(27)31)38-20-23-14-13-22-11-7-8-12-29(22)34-23/h4-16,19,25-27H,3,17-18,20H2,1-2H3,(H,36,37). The zero-order valence-corrected chi connectivity index (χ0v) is 21.8. The van der Waals surface area contributed by atoms with Gasteiger partial charge in [-0.1, -0.05) is 61.5 Å². The van der Waals surface area contributed by atoms with Crippen LogP contribution in [0.4, 0.5) is 0 Å². The topological polar surface area (TPSA) is 64.3 Å². The van der Waals surface area contributed by atoms with Gasteiger partial charge in [-0.15, -0.1) is 0 Å². The lowest BCUT2D eigenvalue weighted by atomic mass is 9.71. The van der Waals surface area contributed by atoms with E-state index in [1.165, 1.54) is 16.5 Å². The Balaban J connectivity index is 1.39. The predicted octanol–water partition coefficient (Wildman–Crippen LogP) is 7.43. The predicted molar refractivity (Wildman–Crippen MR) is 151 cm³/mol. The second kappa shape index (κ2) is 9.97. The summed E-state index contributed by atoms with van der Waals surface area (Å²) in [6.07, 6.45) is 2.42. The molecule has 2 heterocycles. The van der Waals surface area contributed by atoms with Crippen molar-refractivity contribution in [1.82, 2.24) is 9.55 Å². The number of hydrogen-bond acceptors (Lipinski definition) is 3. The van der Waals surface area contributed by atoms with Gasteiger partial charge in [0.1, 0.15) is 12.4 Å². The number of rotatable bonds is 7. The van der Waals surface area contributed by atoms with E-state index in [4.69, 9.17) is 9.72 Å². The molecule has 1 aliphatic carbocycles. The number of aryl methyl sites for hydroxylation is 1. The number of benzene rings is 3. The SMILES string of the molecule is CCC(C(=O)O)C1CCC(c2ccccc2)c2c1n(C)c1cc(OCc3ccc4ccccc4n3)ccc21. The maximum atomic E-state index is 12.2. The molecule has 0 amide bonds. The number of carbonyl (C=O) groups is 1. The molecule has 3 atom stereocenters. The van der Waals surface area contributed by atoms with Gasteiger partial charge in [0.15, 0.2) is 0 Å². The molecule has 5 heteroatoms. The van der Waals surface area contributed by atoms with Crippen molar-refractivity contribution in [3.63, 3.8) is 0 Å². The molecule has 1 aliphatic rings. The number of aromatic nitrogens is 2. The van der Waals surface area contributed by atoms with Crippen molar-refractivity contribution in [2.45, 2.75) is 44.6 Å². The third-order valence-electron chi connectivity index (χ3n) is 8.21. The third-order valence-corrected chi connectivity index (χ3v) is 8.21. The number of carboxylic acids is 1. The van der Waals surface area contributed by atoms with Crippen LogP contribution >= 0.6 is 0 Å². The minimum Gasteiger partial charge on any atom is -0.487 e. The van der Waals surface area contributed by atoms with E-state index >= 15 is 0 Å². The number of hydrogen-bond donors (Lipinski definition) is 1. The quantitative estimate of drug-likeness (QED) is 0.250. The molecule has 0 fully saturated rings. The highest BCUT2D eigenvalue weighted by molar-refractivity contribution is 5.89. The second-order valence-corrected chi connectivity index (χ2v) is 10.3. The van der Waals surface area contributed by atoms with Crippen LogP contribution in [0.15, 0.2) is 84.9 Å². The van der Waals surface area contributed by atoms with Crippen LogP contribution in [0.1, 0.15) is 60.5 Å². The first-order valence-electron chi connectivity index (χ1n) is 13.4. The van der Waals surface area contributed by atoms with E-state index in [-0.39, 0.29) is 11.8 Å². The van der Waals surface area contributed by atoms with E-state index in [9.17, 15) is 9.90 Å². The average Bonchev–Trinajstić information content (AvgIpc) is 3.24. The molecule has 0 saturated heterocycles. The highest BCUT2D eigenvalue weighted by Gasteiger charge is 2.39. The zero-order valence-electron chi connectivity index (χ0n) is 21.8. The molecule has 0 aliphatic heterocycles. The zero-order chi connectivity index (χ0) is 26.2. The van der Waals surface area contributed by atoms with Gasteiger partial charge >= 0.3 is 5.97 Å². The van der Waals surface area contributed by atoms with Gasteiger partial charge in [-0.2, -0.15) is 0 Å². The van der Waals surface area contributed by atoms with Crippen LogP contribution in [0, 0.1) is 5.92 Å². The smallest absolute Gasteiger partial charge is 0.307 e. The summed E-state index contributed by atoms with van der Waals surface area (Å²) in [4.78, 5) is 17.0. The molecule has 38 heavy (non-hydrogen) atoms. The first-order chi connectivity index (χ1) is 18.5. The average molecular weight is 505 g/mol. The number of carboxylic acid groups (broad SMARTS) is 1. The summed E-state index contributed by atoms with van der Waals surface area (Å²) in [5, 5.41) is 12.3. The Bertz CT molecular complexity index is 1620. The van der Waals surface area contributed by atoms with Gasteiger partial charge in [0.2, 0.25) is 0 Å². The van der Waals surface area contributed by atoms with Crippen molar-refractivity contribution in [3.8, 4) is 5.75 Å². The Morgan fingerprint density at radius 1 is 1.03 bits per heavy atom. The number of aliphatic carboxylic acids is 1. The lowest BCUT2D eigenvalue weighted by Gasteiger charge is -2.33. The molecule has 5 nitrogen and oxygen atoms in total. The lowest BCUT2D eigenvalue weighted by Crippen LogP contribution is -2.27. The fraction of sp³-hybridized carbons (Fsp3) is 0.273. The van der Waals surface area contributed by atoms with Crippen LogP contribution in [0.25, 0.3) is 21.8 Å². The van der Waals surface area contributed by atoms with E-state index in [1.54, 1.807) is 0 Å². The molecular formula is C33H32N2O3. The van der Waals surface area contributed by atoms with E-state index in [0.717, 1.165) is 46.4 Å². The first-order valence-corrected chi connectivity index (χ1v) is 13.4. The van der Waals surface area contributed by atoms with Crippen LogP contribution < -0.4 is 4.74 Å². The summed E-state index contributed by atoms with van der Waals surface area (Å²) in [6.45, 7) is 2.36. The highest BCUT2D eigenvalue weighted by atomic mass is 16.5. The van der Waals surface area contributed by atoms with Crippen LogP contribution in [-0.4, -0.2) is 20.6 Å². The fourth-order valence-electron chi connectivity index (χ4n) is 6.38. The normalized spacial score (nSPS) is 17.8. The summed E-state index contributed by atoms with van der Waals surface area (Å²) >= 11 is 0. The summed E-state index contributed by atoms with van der Waals surface area (Å²) in [5.41, 5.74) is 6.63. The molecule has 3 aromatic carbocycles. The van der Waals surface area contributed by atoms with Gasteiger partial charge in [0.25, 0.3) is 0 Å². The summed E-state index contributed by atoms with van der Waals surface area (Å²) in [7, 11) is 2.07. The van der Waals surface area contributed by atoms with Gasteiger partial charge in [-0.3, -0.25) is 4.79 Å². The number of ether oxygens (including phenoxy) is 1. The van der Waals surface area contributed by atoms with Gasteiger partial charge in [0.05, 0.1) is 22.6 Å². The highest BCUT2D eigenvalue weighted by Crippen LogP contribution is 2.50. The van der Waals surface area contributed by atoms with Crippen molar-refractivity contribution < 1.29 is 14.6 Å². The van der Waals surface area contributed by atoms with Crippen molar-refractivity contribution >= 4 is 27.8 Å². The number of fused-ring (bicyclic) bond motifs is 4. The van der Waals surface area contributed by atoms with Gasteiger partial charge in [-0.25, -0.2) is 4.98 Å². The van der Waals surface area contributed by atoms with Crippen molar-refractivity contribution in [3.05, 3.63) is 107 Å². The number of nitrogens with zero attached hydrogens (tertiary/aromatic N) is 2. The van der Waals surface area contributed by atoms with Gasteiger partial charge in [-0.05, 0) is 54.7 Å². The van der Waals surface area contributed by atoms with Gasteiger partial charge < -0.3 is 14.4 Å². The molecule has 1 N–H and O–H groups in total. The number of pyridine rings is 1. The minimum atomic E-state index is -0.709. The largest absolute Gasteiger partial charge is 0.487 e. The number of para-hydroxylation sites is 1. The maximum Gasteiger partial charge on any atom is 0.307 e. The summed E-state index contributed by atoms with van der Waals surface area (Å²) in [5.74, 6) is -0.104. The van der Waals surface area contributed by atoms with Crippen LogP contribution in [0.3, 0.4) is 0 Å². The molecule has 3 unspecified atom stereocenters. The van der Waals surface area contributed by atoms with E-state index in [1.807, 2.05) is 43.3 Å². The Kier molecular flexibility index (Phi) is 6.36. The first kappa shape index (κ1) is 24.2. The monoisotopic (exact) mass is 504 g/mol. The third kappa shape index (κ3) is 4.22. The van der Waals surface area contributed by atoms with E-state index < -0.39 is 11.9 Å². The second-order valence-electron chi connectivity index (χ2n) is 10.3. The summed E-state index contributed by atoms with van der Waals surface area (Å²) in [6, 6.07) is 29.0. The van der Waals surface area contributed by atoms with E-state index in [0.29, 0.717) is 13.0 Å². The Morgan fingerprint density at radius 2 is 1.82 bits per heavy atom. The van der Waals surface area contributed by atoms with Crippen LogP contribution in [-0.2, 0) is 18.4 Å². The molecular weight excluding hydrogens is 472 g/mol. The Labute approximate surface area is 222 Å². The molecule has 0 radical (unpaired) electrons. The van der Waals surface area contributed by atoms with E-state index in [2.05, 4.69) is 60.1 Å². The molecule has 0 spiro atoms. The molecule has 2 aromatic heterocycles. The molecule has 5 aromatic rings.